The molecule has 2 atom stereocenters. The highest BCUT2D eigenvalue weighted by Gasteiger charge is 2.49. The summed E-state index contributed by atoms with van der Waals surface area (Å²) >= 11 is 0. The van der Waals surface area contributed by atoms with Crippen molar-refractivity contribution in [2.45, 2.75) is 49.0 Å². The molecule has 3 aromatic rings. The number of nitrogens with zero attached hydrogens (tertiary/aromatic N) is 4. The average molecular weight is 577 g/mol. The van der Waals surface area contributed by atoms with Gasteiger partial charge in [-0.3, -0.25) is 9.78 Å². The monoisotopic (exact) mass is 577 g/mol. The summed E-state index contributed by atoms with van der Waals surface area (Å²) in [5.41, 5.74) is -0.180. The summed E-state index contributed by atoms with van der Waals surface area (Å²) < 4.78 is 120. The highest BCUT2D eigenvalue weighted by Crippen LogP contribution is 2.34. The van der Waals surface area contributed by atoms with Crippen LogP contribution in [-0.4, -0.2) is 52.1 Å². The maximum Gasteiger partial charge on any atom is 0.451 e. The van der Waals surface area contributed by atoms with Crippen molar-refractivity contribution in [3.8, 4) is 11.3 Å². The molecule has 0 bridgehead atoms. The fraction of sp³-hybridized carbons (Fsp3) is 0.304. The smallest absolute Gasteiger partial charge is 0.351 e. The van der Waals surface area contributed by atoms with Gasteiger partial charge < -0.3 is 5.32 Å². The first kappa shape index (κ1) is 28.4. The van der Waals surface area contributed by atoms with E-state index in [1.165, 1.54) is 0 Å². The van der Waals surface area contributed by atoms with Gasteiger partial charge in [-0.25, -0.2) is 35.9 Å². The molecule has 39 heavy (non-hydrogen) atoms. The molecule has 0 aliphatic carbocycles. The van der Waals surface area contributed by atoms with Gasteiger partial charge in [-0.15, -0.1) is 0 Å². The summed E-state index contributed by atoms with van der Waals surface area (Å²) in [6.07, 6.45) is -6.07. The number of halogens is 7. The van der Waals surface area contributed by atoms with E-state index in [0.717, 1.165) is 48.9 Å². The Morgan fingerprint density at radius 3 is 2.26 bits per heavy atom. The van der Waals surface area contributed by atoms with E-state index in [1.807, 2.05) is 0 Å². The Kier molecular flexibility index (Phi) is 7.88. The number of carbonyl (C=O) groups excluding carboxylic acids is 1. The van der Waals surface area contributed by atoms with Gasteiger partial charge in [-0.2, -0.15) is 17.5 Å². The molecule has 0 spiro atoms. The standard InChI is InChI=1S/C23H18F7N5O3S/c24-14-1-3-15(4-2-14)39(37,38)35-18(20(26)27)5-6-19(35)21(36)32-8-12-7-17(31-11-16(12)25)13-9-33-22(34-10-13)23(28,29)30/h1-4,7,9-11,18-20H,5-6,8H2,(H,32,36)/t18-,19+/m1/s1. The number of benzene rings is 1. The van der Waals surface area contributed by atoms with E-state index in [4.69, 9.17) is 0 Å². The maximum absolute atomic E-state index is 14.4. The molecule has 0 saturated carbocycles. The zero-order chi connectivity index (χ0) is 28.5. The third-order valence-corrected chi connectivity index (χ3v) is 7.89. The van der Waals surface area contributed by atoms with Gasteiger partial charge in [0.2, 0.25) is 21.8 Å². The zero-order valence-electron chi connectivity index (χ0n) is 19.5. The summed E-state index contributed by atoms with van der Waals surface area (Å²) in [6, 6.07) is 1.18. The van der Waals surface area contributed by atoms with Crippen LogP contribution in [0.25, 0.3) is 11.3 Å². The van der Waals surface area contributed by atoms with E-state index in [1.54, 1.807) is 0 Å². The van der Waals surface area contributed by atoms with Crippen LogP contribution in [0, 0.1) is 11.6 Å². The molecular formula is C23H18F7N5O3S. The number of hydrogen-bond donors (Lipinski definition) is 1. The van der Waals surface area contributed by atoms with Crippen molar-refractivity contribution >= 4 is 15.9 Å². The molecular weight excluding hydrogens is 559 g/mol. The molecule has 208 valence electrons. The Balaban J connectivity index is 1.54. The van der Waals surface area contributed by atoms with E-state index < -0.39 is 69.5 Å². The lowest BCUT2D eigenvalue weighted by Gasteiger charge is -2.28. The SMILES string of the molecule is O=C(NCc1cc(-c2cnc(C(F)(F)F)nc2)ncc1F)[C@@H]1CC[C@H](C(F)F)N1S(=O)(=O)c1ccc(F)cc1. The number of hydrogen-bond acceptors (Lipinski definition) is 6. The number of sulfonamides is 1. The summed E-state index contributed by atoms with van der Waals surface area (Å²) in [6.45, 7) is -0.526. The molecule has 1 aliphatic heterocycles. The van der Waals surface area contributed by atoms with Crippen LogP contribution in [0.1, 0.15) is 24.2 Å². The van der Waals surface area contributed by atoms with E-state index in [0.29, 0.717) is 4.31 Å². The van der Waals surface area contributed by atoms with Gasteiger partial charge in [0.25, 0.3) is 6.43 Å². The average Bonchev–Trinajstić information content (AvgIpc) is 3.35. The fourth-order valence-corrected chi connectivity index (χ4v) is 5.87. The second-order valence-electron chi connectivity index (χ2n) is 8.46. The summed E-state index contributed by atoms with van der Waals surface area (Å²) in [5.74, 6) is -4.03. The second-order valence-corrected chi connectivity index (χ2v) is 10.3. The van der Waals surface area contributed by atoms with Crippen molar-refractivity contribution in [1.82, 2.24) is 24.6 Å². The van der Waals surface area contributed by atoms with Crippen molar-refractivity contribution in [3.05, 3.63) is 71.9 Å². The Labute approximate surface area is 217 Å². The van der Waals surface area contributed by atoms with Gasteiger partial charge in [0.1, 0.15) is 17.7 Å². The Morgan fingerprint density at radius 2 is 1.67 bits per heavy atom. The predicted molar refractivity (Wildman–Crippen MR) is 120 cm³/mol. The molecule has 1 aromatic carbocycles. The Bertz CT molecular complexity index is 1450. The molecule has 1 fully saturated rings. The van der Waals surface area contributed by atoms with Gasteiger partial charge in [0, 0.05) is 30.1 Å². The van der Waals surface area contributed by atoms with Crippen molar-refractivity contribution in [2.24, 2.45) is 0 Å². The zero-order valence-corrected chi connectivity index (χ0v) is 20.4. The highest BCUT2D eigenvalue weighted by atomic mass is 32.2. The fourth-order valence-electron chi connectivity index (χ4n) is 4.05. The Morgan fingerprint density at radius 1 is 1.03 bits per heavy atom. The molecule has 1 N–H and O–H groups in total. The topological polar surface area (TPSA) is 105 Å². The van der Waals surface area contributed by atoms with Crippen molar-refractivity contribution < 1.29 is 43.9 Å². The van der Waals surface area contributed by atoms with Crippen LogP contribution in [0.3, 0.4) is 0 Å². The number of carbonyl (C=O) groups is 1. The van der Waals surface area contributed by atoms with Crippen molar-refractivity contribution in [3.63, 3.8) is 0 Å². The minimum Gasteiger partial charge on any atom is -0.351 e. The number of rotatable bonds is 7. The van der Waals surface area contributed by atoms with Crippen LogP contribution in [0.15, 0.2) is 53.8 Å². The predicted octanol–water partition coefficient (Wildman–Crippen LogP) is 3.94. The van der Waals surface area contributed by atoms with Crippen molar-refractivity contribution in [1.29, 1.82) is 0 Å². The largest absolute Gasteiger partial charge is 0.451 e. The number of nitrogens with one attached hydrogen (secondary N) is 1. The van der Waals surface area contributed by atoms with Gasteiger partial charge in [0.05, 0.1) is 22.8 Å². The molecule has 2 aromatic heterocycles. The van der Waals surface area contributed by atoms with E-state index in [9.17, 15) is 43.9 Å². The van der Waals surface area contributed by atoms with Gasteiger partial charge in [0.15, 0.2) is 0 Å². The van der Waals surface area contributed by atoms with E-state index in [2.05, 4.69) is 20.3 Å². The molecule has 4 rings (SSSR count). The quantitative estimate of drug-likeness (QED) is 0.427. The van der Waals surface area contributed by atoms with Crippen LogP contribution in [-0.2, 0) is 27.5 Å². The Hall–Kier alpha value is -3.66. The number of pyridine rings is 1. The lowest BCUT2D eigenvalue weighted by Crippen LogP contribution is -2.50. The normalized spacial score (nSPS) is 18.5. The number of alkyl halides is 5. The lowest BCUT2D eigenvalue weighted by atomic mass is 10.1. The molecule has 1 amide bonds. The van der Waals surface area contributed by atoms with Crippen LogP contribution in [0.2, 0.25) is 0 Å². The van der Waals surface area contributed by atoms with E-state index in [-0.39, 0.29) is 29.7 Å². The summed E-state index contributed by atoms with van der Waals surface area (Å²) in [4.78, 5) is 22.6. The van der Waals surface area contributed by atoms with Crippen LogP contribution < -0.4 is 5.32 Å². The van der Waals surface area contributed by atoms with Gasteiger partial charge in [-0.05, 0) is 43.2 Å². The first-order chi connectivity index (χ1) is 18.3. The van der Waals surface area contributed by atoms with Crippen LogP contribution in [0.4, 0.5) is 30.7 Å². The minimum atomic E-state index is -4.77. The molecule has 0 unspecified atom stereocenters. The first-order valence-corrected chi connectivity index (χ1v) is 12.6. The third-order valence-electron chi connectivity index (χ3n) is 5.94. The number of aromatic nitrogens is 3. The summed E-state index contributed by atoms with van der Waals surface area (Å²) in [5, 5.41) is 2.31. The maximum atomic E-state index is 14.4. The molecule has 1 aliphatic rings. The van der Waals surface area contributed by atoms with Gasteiger partial charge >= 0.3 is 6.18 Å². The van der Waals surface area contributed by atoms with E-state index >= 15 is 0 Å². The van der Waals surface area contributed by atoms with Gasteiger partial charge in [-0.1, -0.05) is 0 Å². The molecule has 0 radical (unpaired) electrons. The molecule has 3 heterocycles. The van der Waals surface area contributed by atoms with Crippen molar-refractivity contribution in [2.75, 3.05) is 0 Å². The molecule has 1 saturated heterocycles. The minimum absolute atomic E-state index is 0.0164. The molecule has 16 heteroatoms. The van der Waals surface area contributed by atoms with Crippen LogP contribution in [0.5, 0.6) is 0 Å². The third kappa shape index (κ3) is 6.00. The number of amides is 1. The molecule has 8 nitrogen and oxygen atoms in total. The second kappa shape index (κ2) is 10.8. The first-order valence-electron chi connectivity index (χ1n) is 11.2. The van der Waals surface area contributed by atoms with Crippen LogP contribution >= 0.6 is 0 Å². The highest BCUT2D eigenvalue weighted by molar-refractivity contribution is 7.89. The summed E-state index contributed by atoms with van der Waals surface area (Å²) in [7, 11) is -4.64. The lowest BCUT2D eigenvalue weighted by molar-refractivity contribution is -0.145.